The van der Waals surface area contributed by atoms with Gasteiger partial charge in [0.2, 0.25) is 0 Å². The van der Waals surface area contributed by atoms with Gasteiger partial charge in [-0.1, -0.05) is 30.3 Å². The Morgan fingerprint density at radius 3 is 2.20 bits per heavy atom. The van der Waals surface area contributed by atoms with E-state index in [4.69, 9.17) is 0 Å². The van der Waals surface area contributed by atoms with Crippen molar-refractivity contribution in [1.29, 1.82) is 0 Å². The molecule has 3 aromatic carbocycles. The number of anilines is 1. The van der Waals surface area contributed by atoms with E-state index >= 15 is 0 Å². The molecule has 1 amide bonds. The van der Waals surface area contributed by atoms with E-state index < -0.39 is 0 Å². The van der Waals surface area contributed by atoms with E-state index in [0.29, 0.717) is 18.7 Å². The highest BCUT2D eigenvalue weighted by atomic mass is 19.1. The first-order chi connectivity index (χ1) is 16.9. The van der Waals surface area contributed by atoms with Crippen molar-refractivity contribution < 1.29 is 9.18 Å². The van der Waals surface area contributed by atoms with Crippen molar-refractivity contribution >= 4 is 11.6 Å². The lowest BCUT2D eigenvalue weighted by Crippen LogP contribution is -2.49. The molecule has 2 heterocycles. The van der Waals surface area contributed by atoms with Crippen molar-refractivity contribution in [3.63, 3.8) is 0 Å². The largest absolute Gasteiger partial charge is 0.368 e. The first kappa shape index (κ1) is 22.9. The SMILES string of the molecule is Cc1cccc(-n2c(-c3ccc(F)cc3)cc(C(=O)N3CCN(c4ccccc4C)CC3)c2C)c1. The molecule has 1 aliphatic rings. The number of benzene rings is 3. The molecule has 5 rings (SSSR count). The summed E-state index contributed by atoms with van der Waals surface area (Å²) in [7, 11) is 0. The second-order valence-electron chi connectivity index (χ2n) is 9.28. The highest BCUT2D eigenvalue weighted by molar-refractivity contribution is 5.97. The Hall–Kier alpha value is -3.86. The monoisotopic (exact) mass is 467 g/mol. The van der Waals surface area contributed by atoms with E-state index in [1.807, 2.05) is 30.0 Å². The number of hydrogen-bond acceptors (Lipinski definition) is 2. The van der Waals surface area contributed by atoms with Crippen LogP contribution >= 0.6 is 0 Å². The van der Waals surface area contributed by atoms with Crippen LogP contribution in [0.4, 0.5) is 10.1 Å². The smallest absolute Gasteiger partial charge is 0.255 e. The lowest BCUT2D eigenvalue weighted by molar-refractivity contribution is 0.0746. The predicted molar refractivity (Wildman–Crippen MR) is 140 cm³/mol. The third kappa shape index (κ3) is 4.46. The molecule has 4 nitrogen and oxygen atoms in total. The fourth-order valence-corrected chi connectivity index (χ4v) is 5.00. The van der Waals surface area contributed by atoms with Gasteiger partial charge in [0.15, 0.2) is 0 Å². The molecule has 1 saturated heterocycles. The number of amides is 1. The summed E-state index contributed by atoms with van der Waals surface area (Å²) in [6.45, 7) is 9.13. The Kier molecular flexibility index (Phi) is 6.16. The third-order valence-electron chi connectivity index (χ3n) is 6.90. The molecule has 1 aromatic heterocycles. The Morgan fingerprint density at radius 1 is 0.800 bits per heavy atom. The first-order valence-electron chi connectivity index (χ1n) is 12.1. The lowest BCUT2D eigenvalue weighted by atomic mass is 10.1. The van der Waals surface area contributed by atoms with Crippen LogP contribution in [0.2, 0.25) is 0 Å². The van der Waals surface area contributed by atoms with Crippen LogP contribution in [-0.2, 0) is 0 Å². The van der Waals surface area contributed by atoms with Crippen LogP contribution < -0.4 is 4.90 Å². The molecule has 0 radical (unpaired) electrons. The molecular weight excluding hydrogens is 437 g/mol. The van der Waals surface area contributed by atoms with Gasteiger partial charge in [-0.2, -0.15) is 0 Å². The molecule has 1 fully saturated rings. The highest BCUT2D eigenvalue weighted by Crippen LogP contribution is 2.31. The summed E-state index contributed by atoms with van der Waals surface area (Å²) < 4.78 is 15.8. The van der Waals surface area contributed by atoms with Crippen molar-refractivity contribution in [3.05, 3.63) is 107 Å². The number of halogens is 1. The van der Waals surface area contributed by atoms with E-state index in [1.54, 1.807) is 12.1 Å². The lowest BCUT2D eigenvalue weighted by Gasteiger charge is -2.36. The van der Waals surface area contributed by atoms with E-state index in [1.165, 1.54) is 23.4 Å². The summed E-state index contributed by atoms with van der Waals surface area (Å²) >= 11 is 0. The van der Waals surface area contributed by atoms with Gasteiger partial charge in [-0.3, -0.25) is 4.79 Å². The number of aromatic nitrogens is 1. The minimum Gasteiger partial charge on any atom is -0.368 e. The quantitative estimate of drug-likeness (QED) is 0.359. The standard InChI is InChI=1S/C30H30FN3O/c1-21-7-6-9-26(19-21)34-23(3)27(20-29(34)24-11-13-25(31)14-12-24)30(35)33-17-15-32(16-18-33)28-10-5-4-8-22(28)2/h4-14,19-20H,15-18H2,1-3H3. The molecular formula is C30H30FN3O. The third-order valence-corrected chi connectivity index (χ3v) is 6.90. The summed E-state index contributed by atoms with van der Waals surface area (Å²) in [5.41, 5.74) is 7.96. The minimum atomic E-state index is -0.276. The fraction of sp³-hybridized carbons (Fsp3) is 0.233. The Balaban J connectivity index is 1.47. The van der Waals surface area contributed by atoms with Crippen LogP contribution in [0.3, 0.4) is 0 Å². The Morgan fingerprint density at radius 2 is 1.51 bits per heavy atom. The van der Waals surface area contributed by atoms with Crippen molar-refractivity contribution in [1.82, 2.24) is 9.47 Å². The van der Waals surface area contributed by atoms with Gasteiger partial charge in [0.25, 0.3) is 5.91 Å². The van der Waals surface area contributed by atoms with Crippen LogP contribution in [0.1, 0.15) is 27.2 Å². The summed E-state index contributed by atoms with van der Waals surface area (Å²) in [6.07, 6.45) is 0. The molecule has 0 N–H and O–H groups in total. The van der Waals surface area contributed by atoms with Crippen molar-refractivity contribution in [2.45, 2.75) is 20.8 Å². The molecule has 0 bridgehead atoms. The fourth-order valence-electron chi connectivity index (χ4n) is 5.00. The van der Waals surface area contributed by atoms with Gasteiger partial charge >= 0.3 is 0 Å². The zero-order valence-electron chi connectivity index (χ0n) is 20.5. The molecule has 5 heteroatoms. The van der Waals surface area contributed by atoms with E-state index in [-0.39, 0.29) is 11.7 Å². The van der Waals surface area contributed by atoms with Gasteiger partial charge in [0, 0.05) is 43.2 Å². The number of carbonyl (C=O) groups is 1. The van der Waals surface area contributed by atoms with E-state index in [0.717, 1.165) is 41.3 Å². The van der Waals surface area contributed by atoms with Crippen LogP contribution in [0.25, 0.3) is 16.9 Å². The highest BCUT2D eigenvalue weighted by Gasteiger charge is 2.27. The van der Waals surface area contributed by atoms with Gasteiger partial charge in [-0.15, -0.1) is 0 Å². The van der Waals surface area contributed by atoms with Crippen LogP contribution in [0, 0.1) is 26.6 Å². The molecule has 0 atom stereocenters. The van der Waals surface area contributed by atoms with Gasteiger partial charge in [0.1, 0.15) is 5.82 Å². The molecule has 178 valence electrons. The average molecular weight is 468 g/mol. The van der Waals surface area contributed by atoms with E-state index in [2.05, 4.69) is 59.7 Å². The molecule has 35 heavy (non-hydrogen) atoms. The molecule has 0 saturated carbocycles. The molecule has 0 unspecified atom stereocenters. The number of para-hydroxylation sites is 1. The number of hydrogen-bond donors (Lipinski definition) is 0. The number of piperazine rings is 1. The molecule has 4 aromatic rings. The van der Waals surface area contributed by atoms with Gasteiger partial charge in [0.05, 0.1) is 11.3 Å². The van der Waals surface area contributed by atoms with Gasteiger partial charge < -0.3 is 14.4 Å². The summed E-state index contributed by atoms with van der Waals surface area (Å²) in [5.74, 6) is -0.233. The van der Waals surface area contributed by atoms with Crippen LogP contribution in [-0.4, -0.2) is 41.6 Å². The first-order valence-corrected chi connectivity index (χ1v) is 12.1. The maximum absolute atomic E-state index is 13.7. The predicted octanol–water partition coefficient (Wildman–Crippen LogP) is 6.17. The minimum absolute atomic E-state index is 0.0432. The number of nitrogens with zero attached hydrogens (tertiary/aromatic N) is 3. The molecule has 0 spiro atoms. The zero-order chi connectivity index (χ0) is 24.5. The van der Waals surface area contributed by atoms with Gasteiger partial charge in [-0.05, 0) is 86.0 Å². The van der Waals surface area contributed by atoms with Gasteiger partial charge in [-0.25, -0.2) is 4.39 Å². The van der Waals surface area contributed by atoms with E-state index in [9.17, 15) is 9.18 Å². The Labute approximate surface area is 206 Å². The average Bonchev–Trinajstić information content (AvgIpc) is 3.21. The topological polar surface area (TPSA) is 28.5 Å². The molecule has 0 aliphatic carbocycles. The normalized spacial score (nSPS) is 13.8. The maximum Gasteiger partial charge on any atom is 0.255 e. The second-order valence-corrected chi connectivity index (χ2v) is 9.28. The summed E-state index contributed by atoms with van der Waals surface area (Å²) in [4.78, 5) is 18.0. The second kappa shape index (κ2) is 9.41. The molecule has 1 aliphatic heterocycles. The van der Waals surface area contributed by atoms with Crippen LogP contribution in [0.15, 0.2) is 78.9 Å². The number of rotatable bonds is 4. The number of carbonyl (C=O) groups excluding carboxylic acids is 1. The maximum atomic E-state index is 13.7. The summed E-state index contributed by atoms with van der Waals surface area (Å²) in [5, 5.41) is 0. The van der Waals surface area contributed by atoms with Crippen molar-refractivity contribution in [3.8, 4) is 16.9 Å². The van der Waals surface area contributed by atoms with Crippen molar-refractivity contribution in [2.24, 2.45) is 0 Å². The van der Waals surface area contributed by atoms with Crippen LogP contribution in [0.5, 0.6) is 0 Å². The number of aryl methyl sites for hydroxylation is 2. The summed E-state index contributed by atoms with van der Waals surface area (Å²) in [6, 6.07) is 25.0. The zero-order valence-corrected chi connectivity index (χ0v) is 20.5. The van der Waals surface area contributed by atoms with Crippen molar-refractivity contribution in [2.75, 3.05) is 31.1 Å². The Bertz CT molecular complexity index is 1360.